The first kappa shape index (κ1) is 25.9. The lowest BCUT2D eigenvalue weighted by Gasteiger charge is -2.35. The summed E-state index contributed by atoms with van der Waals surface area (Å²) in [6.45, 7) is 10.1. The molecule has 1 unspecified atom stereocenters. The second-order valence-electron chi connectivity index (χ2n) is 9.99. The van der Waals surface area contributed by atoms with Crippen molar-refractivity contribution in [2.75, 3.05) is 44.0 Å². The molecule has 3 aromatic rings. The van der Waals surface area contributed by atoms with Gasteiger partial charge in [0.25, 0.3) is 5.56 Å². The molecule has 2 N–H and O–H groups in total. The van der Waals surface area contributed by atoms with Crippen molar-refractivity contribution in [3.05, 3.63) is 71.3 Å². The number of allylic oxidation sites excluding steroid dienone is 2. The minimum Gasteiger partial charge on any atom is -0.369 e. The van der Waals surface area contributed by atoms with Crippen LogP contribution in [-0.4, -0.2) is 77.7 Å². The second-order valence-corrected chi connectivity index (χ2v) is 12.5. The minimum absolute atomic E-state index is 0.249. The molecular formula is C26H33N9O2S. The largest absolute Gasteiger partial charge is 0.369 e. The van der Waals surface area contributed by atoms with Crippen LogP contribution in [0.4, 0.5) is 11.8 Å². The van der Waals surface area contributed by atoms with E-state index in [1.165, 1.54) is 10.4 Å². The van der Waals surface area contributed by atoms with E-state index in [0.29, 0.717) is 28.6 Å². The van der Waals surface area contributed by atoms with Gasteiger partial charge in [0.2, 0.25) is 5.95 Å². The molecule has 0 amide bonds. The van der Waals surface area contributed by atoms with Gasteiger partial charge in [-0.3, -0.25) is 4.79 Å². The molecule has 1 saturated heterocycles. The molecule has 0 radical (unpaired) electrons. The molecule has 0 aromatic carbocycles. The third kappa shape index (κ3) is 5.41. The Hall–Kier alpha value is -3.77. The number of hydrogen-bond acceptors (Lipinski definition) is 9. The van der Waals surface area contributed by atoms with Gasteiger partial charge in [-0.05, 0) is 31.6 Å². The average molecular weight is 536 g/mol. The van der Waals surface area contributed by atoms with Gasteiger partial charge in [-0.1, -0.05) is 24.3 Å². The maximum absolute atomic E-state index is 13.2. The van der Waals surface area contributed by atoms with Gasteiger partial charge in [0.1, 0.15) is 5.39 Å². The first-order valence-corrected chi connectivity index (χ1v) is 14.9. The molecule has 1 atom stereocenters. The van der Waals surface area contributed by atoms with Gasteiger partial charge in [0.15, 0.2) is 17.3 Å². The fourth-order valence-corrected chi connectivity index (χ4v) is 5.19. The Labute approximate surface area is 222 Å². The summed E-state index contributed by atoms with van der Waals surface area (Å²) >= 11 is 0. The maximum atomic E-state index is 13.2. The number of fused-ring (bicyclic) bond motifs is 1. The van der Waals surface area contributed by atoms with E-state index >= 15 is 0 Å². The molecular weight excluding hydrogens is 502 g/mol. The quantitative estimate of drug-likeness (QED) is 0.443. The highest BCUT2D eigenvalue weighted by atomic mass is 32.2. The highest BCUT2D eigenvalue weighted by molar-refractivity contribution is 7.92. The molecule has 11 nitrogen and oxygen atoms in total. The Morgan fingerprint density at radius 2 is 2.05 bits per heavy atom. The third-order valence-electron chi connectivity index (χ3n) is 6.46. The molecule has 38 heavy (non-hydrogen) atoms. The molecule has 2 aliphatic rings. The van der Waals surface area contributed by atoms with Crippen LogP contribution in [0.5, 0.6) is 0 Å². The number of aromatic nitrogens is 5. The summed E-state index contributed by atoms with van der Waals surface area (Å²) in [5, 5.41) is 7.20. The van der Waals surface area contributed by atoms with Crippen LogP contribution >= 0.6 is 0 Å². The summed E-state index contributed by atoms with van der Waals surface area (Å²) in [7, 11) is -2.41. The highest BCUT2D eigenvalue weighted by Gasteiger charge is 2.26. The van der Waals surface area contributed by atoms with Crippen LogP contribution < -0.4 is 16.2 Å². The van der Waals surface area contributed by atoms with Crippen LogP contribution in [0.25, 0.3) is 16.9 Å². The first-order valence-electron chi connectivity index (χ1n) is 12.5. The van der Waals surface area contributed by atoms with E-state index in [4.69, 9.17) is 4.98 Å². The lowest BCUT2D eigenvalue weighted by molar-refractivity contribution is 0.304. The van der Waals surface area contributed by atoms with Crippen molar-refractivity contribution >= 4 is 32.5 Å². The molecule has 5 rings (SSSR count). The lowest BCUT2D eigenvalue weighted by Crippen LogP contribution is -2.43. The fraction of sp³-hybridized carbons (Fsp3) is 0.385. The second kappa shape index (κ2) is 10.2. The Balaban J connectivity index is 1.51. The van der Waals surface area contributed by atoms with Crippen LogP contribution in [0.2, 0.25) is 0 Å². The fourth-order valence-electron chi connectivity index (χ4n) is 4.64. The standard InChI is InChI=1S/C26H33N9O2S/c1-5-15-34-24(36)20-18-28-25(31-26(2)11-9-19(10-12-26)33-16-13-27-14-17-33)30-23(20)35(34)22-8-6-7-21(29-22)32-38(3,4)37/h5-11,18,27H,1,12-17H2,2-4H3,(H,28,30,31). The van der Waals surface area contributed by atoms with E-state index in [1.807, 2.05) is 0 Å². The number of anilines is 1. The van der Waals surface area contributed by atoms with Gasteiger partial charge in [0, 0.05) is 60.3 Å². The number of rotatable bonds is 7. The zero-order chi connectivity index (χ0) is 26.9. The van der Waals surface area contributed by atoms with Gasteiger partial charge in [-0.15, -0.1) is 6.58 Å². The SMILES string of the molecule is C=CCn1c(=O)c2cnc(NC3(C)C=CC(N4CCNCC4)=CC3)nc2n1-c1cccc(N=S(C)(C)=O)n1. The molecule has 0 saturated carbocycles. The van der Waals surface area contributed by atoms with Crippen LogP contribution in [0, 0.1) is 0 Å². The van der Waals surface area contributed by atoms with E-state index in [1.54, 1.807) is 47.7 Å². The molecule has 12 heteroatoms. The van der Waals surface area contributed by atoms with Crippen LogP contribution in [0.1, 0.15) is 13.3 Å². The smallest absolute Gasteiger partial charge is 0.278 e. The lowest BCUT2D eigenvalue weighted by atomic mass is 9.92. The van der Waals surface area contributed by atoms with Crippen molar-refractivity contribution in [3.63, 3.8) is 0 Å². The molecule has 0 spiro atoms. The topological polar surface area (TPSA) is 122 Å². The molecule has 200 valence electrons. The molecule has 1 aliphatic carbocycles. The zero-order valence-electron chi connectivity index (χ0n) is 21.9. The summed E-state index contributed by atoms with van der Waals surface area (Å²) in [5.74, 6) is 1.15. The summed E-state index contributed by atoms with van der Waals surface area (Å²) in [4.78, 5) is 29.4. The zero-order valence-corrected chi connectivity index (χ0v) is 22.7. The highest BCUT2D eigenvalue weighted by Crippen LogP contribution is 2.27. The van der Waals surface area contributed by atoms with Gasteiger partial charge >= 0.3 is 0 Å². The van der Waals surface area contributed by atoms with Crippen molar-refractivity contribution in [2.45, 2.75) is 25.4 Å². The van der Waals surface area contributed by atoms with Crippen molar-refractivity contribution in [2.24, 2.45) is 4.36 Å². The van der Waals surface area contributed by atoms with E-state index in [0.717, 1.165) is 32.6 Å². The summed E-state index contributed by atoms with van der Waals surface area (Å²) < 4.78 is 19.6. The van der Waals surface area contributed by atoms with Gasteiger partial charge < -0.3 is 15.5 Å². The Kier molecular flexibility index (Phi) is 6.93. The average Bonchev–Trinajstić information content (AvgIpc) is 3.15. The van der Waals surface area contributed by atoms with Crippen molar-refractivity contribution in [1.29, 1.82) is 0 Å². The molecule has 1 fully saturated rings. The van der Waals surface area contributed by atoms with Gasteiger partial charge in [-0.25, -0.2) is 23.5 Å². The van der Waals surface area contributed by atoms with E-state index in [9.17, 15) is 9.00 Å². The summed E-state index contributed by atoms with van der Waals surface area (Å²) in [5.41, 5.74) is 1.00. The van der Waals surface area contributed by atoms with Crippen molar-refractivity contribution in [1.82, 2.24) is 34.5 Å². The maximum Gasteiger partial charge on any atom is 0.278 e. The minimum atomic E-state index is -2.41. The van der Waals surface area contributed by atoms with E-state index in [-0.39, 0.29) is 17.6 Å². The predicted molar refractivity (Wildman–Crippen MR) is 152 cm³/mol. The molecule has 1 aliphatic heterocycles. The van der Waals surface area contributed by atoms with E-state index in [2.05, 4.69) is 61.6 Å². The number of hydrogen-bond donors (Lipinski definition) is 2. The molecule has 0 bridgehead atoms. The third-order valence-corrected chi connectivity index (χ3v) is 7.09. The van der Waals surface area contributed by atoms with Crippen LogP contribution in [0.3, 0.4) is 0 Å². The van der Waals surface area contributed by atoms with Gasteiger partial charge in [-0.2, -0.15) is 9.35 Å². The number of piperazine rings is 1. The number of pyridine rings is 1. The molecule has 3 aromatic heterocycles. The summed E-state index contributed by atoms with van der Waals surface area (Å²) in [6.07, 6.45) is 13.6. The first-order chi connectivity index (χ1) is 18.2. The van der Waals surface area contributed by atoms with Crippen molar-refractivity contribution in [3.8, 4) is 5.82 Å². The van der Waals surface area contributed by atoms with Crippen LogP contribution in [0.15, 0.2) is 70.1 Å². The summed E-state index contributed by atoms with van der Waals surface area (Å²) in [6, 6.07) is 5.20. The normalized spacial score (nSPS) is 19.9. The monoisotopic (exact) mass is 535 g/mol. The van der Waals surface area contributed by atoms with Crippen molar-refractivity contribution < 1.29 is 4.21 Å². The Bertz CT molecular complexity index is 1610. The Morgan fingerprint density at radius 1 is 1.26 bits per heavy atom. The predicted octanol–water partition coefficient (Wildman–Crippen LogP) is 2.44. The van der Waals surface area contributed by atoms with Gasteiger partial charge in [0.05, 0.1) is 12.1 Å². The number of nitrogens with zero attached hydrogens (tertiary/aromatic N) is 7. The number of nitrogens with one attached hydrogen (secondary N) is 2. The van der Waals surface area contributed by atoms with E-state index < -0.39 is 9.73 Å². The van der Waals surface area contributed by atoms with Crippen LogP contribution in [-0.2, 0) is 16.3 Å². The molecule has 4 heterocycles. The Morgan fingerprint density at radius 3 is 2.74 bits per heavy atom.